The third kappa shape index (κ3) is 1.79. The SMILES string of the molecule is CC1(O)C[13CH2]CC(=O)C1. The number of hydrogen-bond acceptors (Lipinski definition) is 2. The van der Waals surface area contributed by atoms with Crippen molar-refractivity contribution in [3.05, 3.63) is 0 Å². The standard InChI is InChI=1S/C7H12O2/c1-7(9)4-2-3-6(8)5-7/h9H,2-5H2,1H3/i2+1. The normalized spacial score (nSPS) is 36.9. The highest BCUT2D eigenvalue weighted by atomic mass is 16.3. The second-order valence-electron chi connectivity index (χ2n) is 3.07. The first-order chi connectivity index (χ1) is 4.10. The molecule has 1 saturated carbocycles. The summed E-state index contributed by atoms with van der Waals surface area (Å²) in [5.41, 5.74) is -0.699. The van der Waals surface area contributed by atoms with Crippen LogP contribution in [0.15, 0.2) is 0 Å². The Morgan fingerprint density at radius 3 is 2.67 bits per heavy atom. The van der Waals surface area contributed by atoms with Crippen molar-refractivity contribution in [1.82, 2.24) is 0 Å². The molecule has 0 aromatic rings. The molecule has 0 aromatic heterocycles. The van der Waals surface area contributed by atoms with E-state index in [9.17, 15) is 9.90 Å². The van der Waals surface area contributed by atoms with Crippen LogP contribution in [0.4, 0.5) is 0 Å². The summed E-state index contributed by atoms with van der Waals surface area (Å²) in [5, 5.41) is 9.32. The minimum Gasteiger partial charge on any atom is -0.390 e. The van der Waals surface area contributed by atoms with Crippen molar-refractivity contribution >= 4 is 5.78 Å². The lowest BCUT2D eigenvalue weighted by Gasteiger charge is -2.26. The van der Waals surface area contributed by atoms with E-state index in [4.69, 9.17) is 0 Å². The van der Waals surface area contributed by atoms with Crippen molar-refractivity contribution in [3.63, 3.8) is 0 Å². The number of carbonyl (C=O) groups is 1. The van der Waals surface area contributed by atoms with Gasteiger partial charge in [0.1, 0.15) is 5.78 Å². The average molecular weight is 129 g/mol. The Hall–Kier alpha value is -0.370. The first-order valence-electron chi connectivity index (χ1n) is 3.34. The highest BCUT2D eigenvalue weighted by molar-refractivity contribution is 5.80. The van der Waals surface area contributed by atoms with Gasteiger partial charge in [-0.05, 0) is 19.8 Å². The zero-order valence-corrected chi connectivity index (χ0v) is 5.68. The molecule has 1 unspecified atom stereocenters. The summed E-state index contributed by atoms with van der Waals surface area (Å²) in [4.78, 5) is 10.7. The van der Waals surface area contributed by atoms with Crippen molar-refractivity contribution < 1.29 is 9.90 Å². The molecule has 0 aliphatic heterocycles. The lowest BCUT2D eigenvalue weighted by molar-refractivity contribution is -0.126. The van der Waals surface area contributed by atoms with Gasteiger partial charge in [0.2, 0.25) is 0 Å². The highest BCUT2D eigenvalue weighted by Gasteiger charge is 2.27. The summed E-state index contributed by atoms with van der Waals surface area (Å²) in [6.07, 6.45) is 2.65. The molecule has 1 aliphatic carbocycles. The Morgan fingerprint density at radius 2 is 2.33 bits per heavy atom. The van der Waals surface area contributed by atoms with Gasteiger partial charge in [-0.3, -0.25) is 4.79 Å². The Labute approximate surface area is 54.9 Å². The molecule has 1 fully saturated rings. The van der Waals surface area contributed by atoms with Gasteiger partial charge in [-0.1, -0.05) is 0 Å². The second kappa shape index (κ2) is 2.10. The fraction of sp³-hybridized carbons (Fsp3) is 0.857. The maximum atomic E-state index is 10.7. The monoisotopic (exact) mass is 129 g/mol. The second-order valence-corrected chi connectivity index (χ2v) is 3.07. The number of hydrogen-bond donors (Lipinski definition) is 1. The van der Waals surface area contributed by atoms with E-state index in [1.807, 2.05) is 0 Å². The first kappa shape index (κ1) is 6.75. The van der Waals surface area contributed by atoms with Crippen molar-refractivity contribution in [1.29, 1.82) is 0 Å². The van der Waals surface area contributed by atoms with Gasteiger partial charge in [0.05, 0.1) is 5.60 Å². The van der Waals surface area contributed by atoms with E-state index in [0.717, 1.165) is 12.8 Å². The van der Waals surface area contributed by atoms with Gasteiger partial charge in [0.15, 0.2) is 0 Å². The Kier molecular flexibility index (Phi) is 1.58. The Balaban J connectivity index is 2.51. The van der Waals surface area contributed by atoms with E-state index in [2.05, 4.69) is 0 Å². The molecular formula is C7H12O2. The van der Waals surface area contributed by atoms with Crippen LogP contribution in [-0.4, -0.2) is 16.5 Å². The van der Waals surface area contributed by atoms with Gasteiger partial charge < -0.3 is 5.11 Å². The maximum Gasteiger partial charge on any atom is 0.135 e. The van der Waals surface area contributed by atoms with Crippen molar-refractivity contribution in [2.75, 3.05) is 0 Å². The molecule has 0 bridgehead atoms. The Bertz CT molecular complexity index is 127. The van der Waals surface area contributed by atoms with Crippen LogP contribution in [0.3, 0.4) is 0 Å². The summed E-state index contributed by atoms with van der Waals surface area (Å²) >= 11 is 0. The van der Waals surface area contributed by atoms with Gasteiger partial charge in [0, 0.05) is 12.8 Å². The molecule has 1 atom stereocenters. The first-order valence-corrected chi connectivity index (χ1v) is 3.34. The molecule has 0 spiro atoms. The van der Waals surface area contributed by atoms with Crippen LogP contribution < -0.4 is 0 Å². The van der Waals surface area contributed by atoms with Crippen molar-refractivity contribution in [2.24, 2.45) is 0 Å². The lowest BCUT2D eigenvalue weighted by atomic mass is 9.93. The molecule has 2 heteroatoms. The molecule has 1 N–H and O–H groups in total. The van der Waals surface area contributed by atoms with Crippen LogP contribution in [-0.2, 0) is 4.79 Å². The molecule has 0 amide bonds. The maximum absolute atomic E-state index is 10.7. The van der Waals surface area contributed by atoms with Gasteiger partial charge in [-0.2, -0.15) is 0 Å². The third-order valence-corrected chi connectivity index (χ3v) is 1.75. The molecule has 52 valence electrons. The smallest absolute Gasteiger partial charge is 0.135 e. The van der Waals surface area contributed by atoms with E-state index in [1.54, 1.807) is 6.92 Å². The van der Waals surface area contributed by atoms with Gasteiger partial charge in [0.25, 0.3) is 0 Å². The highest BCUT2D eigenvalue weighted by Crippen LogP contribution is 2.24. The fourth-order valence-electron chi connectivity index (χ4n) is 1.27. The van der Waals surface area contributed by atoms with E-state index in [-0.39, 0.29) is 5.78 Å². The predicted octanol–water partition coefficient (Wildman–Crippen LogP) is 0.881. The zero-order valence-electron chi connectivity index (χ0n) is 5.68. The lowest BCUT2D eigenvalue weighted by Crippen LogP contribution is -2.31. The number of Topliss-reactive ketones (excluding diaryl/α,β-unsaturated/α-hetero) is 1. The minimum absolute atomic E-state index is 0.200. The predicted molar refractivity (Wildman–Crippen MR) is 34.1 cm³/mol. The van der Waals surface area contributed by atoms with Crippen LogP contribution >= 0.6 is 0 Å². The van der Waals surface area contributed by atoms with Crippen LogP contribution in [0, 0.1) is 0 Å². The van der Waals surface area contributed by atoms with Crippen molar-refractivity contribution in [3.8, 4) is 0 Å². The van der Waals surface area contributed by atoms with E-state index < -0.39 is 5.60 Å². The largest absolute Gasteiger partial charge is 0.390 e. The summed E-state index contributed by atoms with van der Waals surface area (Å²) in [7, 11) is 0. The average Bonchev–Trinajstić information content (AvgIpc) is 1.60. The summed E-state index contributed by atoms with van der Waals surface area (Å²) in [6.45, 7) is 1.73. The molecule has 0 radical (unpaired) electrons. The van der Waals surface area contributed by atoms with Gasteiger partial charge >= 0.3 is 0 Å². The van der Waals surface area contributed by atoms with E-state index in [1.165, 1.54) is 0 Å². The van der Waals surface area contributed by atoms with Crippen molar-refractivity contribution in [2.45, 2.75) is 38.2 Å². The topological polar surface area (TPSA) is 37.3 Å². The van der Waals surface area contributed by atoms with Gasteiger partial charge in [-0.25, -0.2) is 0 Å². The number of rotatable bonds is 0. The van der Waals surface area contributed by atoms with Crippen LogP contribution in [0.5, 0.6) is 0 Å². The molecule has 9 heavy (non-hydrogen) atoms. The molecule has 1 rings (SSSR count). The molecule has 0 saturated heterocycles. The number of ketones is 1. The third-order valence-electron chi connectivity index (χ3n) is 1.75. The van der Waals surface area contributed by atoms with Crippen LogP contribution in [0.25, 0.3) is 0 Å². The Morgan fingerprint density at radius 1 is 1.67 bits per heavy atom. The summed E-state index contributed by atoms with van der Waals surface area (Å²) in [5.74, 6) is 0.200. The van der Waals surface area contributed by atoms with Crippen LogP contribution in [0.1, 0.15) is 32.6 Å². The van der Waals surface area contributed by atoms with E-state index in [0.29, 0.717) is 12.8 Å². The molecule has 0 aromatic carbocycles. The summed E-state index contributed by atoms with van der Waals surface area (Å²) in [6, 6.07) is 0. The number of carbonyl (C=O) groups excluding carboxylic acids is 1. The van der Waals surface area contributed by atoms with Crippen LogP contribution in [0.2, 0.25) is 0 Å². The van der Waals surface area contributed by atoms with Gasteiger partial charge in [-0.15, -0.1) is 0 Å². The zero-order chi connectivity index (χ0) is 6.91. The van der Waals surface area contributed by atoms with E-state index >= 15 is 0 Å². The fourth-order valence-corrected chi connectivity index (χ4v) is 1.27. The molecule has 0 heterocycles. The summed E-state index contributed by atoms with van der Waals surface area (Å²) < 4.78 is 0. The minimum atomic E-state index is -0.699. The number of aliphatic hydroxyl groups is 1. The molecular weight excluding hydrogens is 117 g/mol. The molecule has 2 nitrogen and oxygen atoms in total. The molecule has 1 aliphatic rings. The quantitative estimate of drug-likeness (QED) is 0.493.